The maximum atomic E-state index is 12.5. The molecular weight excluding hydrogens is 369 g/mol. The number of nitrogens with zero attached hydrogens (tertiary/aromatic N) is 2. The van der Waals surface area contributed by atoms with Crippen molar-refractivity contribution in [3.8, 4) is 28.8 Å². The molecule has 28 heavy (non-hydrogen) atoms. The number of aromatic nitrogens is 2. The SMILES string of the molecule is FC(F)(F)Oc1cccc(Oc2nc(-c3ccccc3)nc3ccccc23)c1. The highest BCUT2D eigenvalue weighted by atomic mass is 19.4. The first-order valence-corrected chi connectivity index (χ1v) is 8.34. The summed E-state index contributed by atoms with van der Waals surface area (Å²) in [6, 6.07) is 21.9. The molecule has 0 radical (unpaired) electrons. The Morgan fingerprint density at radius 2 is 1.43 bits per heavy atom. The zero-order chi connectivity index (χ0) is 19.6. The summed E-state index contributed by atoms with van der Waals surface area (Å²) in [6.07, 6.45) is -4.78. The van der Waals surface area contributed by atoms with E-state index in [1.165, 1.54) is 18.2 Å². The number of rotatable bonds is 4. The summed E-state index contributed by atoms with van der Waals surface area (Å²) in [5, 5.41) is 0.643. The Morgan fingerprint density at radius 1 is 0.714 bits per heavy atom. The van der Waals surface area contributed by atoms with Gasteiger partial charge in [0.25, 0.3) is 0 Å². The lowest BCUT2D eigenvalue weighted by molar-refractivity contribution is -0.274. The van der Waals surface area contributed by atoms with Crippen LogP contribution in [-0.4, -0.2) is 16.3 Å². The molecule has 4 rings (SSSR count). The predicted octanol–water partition coefficient (Wildman–Crippen LogP) is 5.99. The van der Waals surface area contributed by atoms with Crippen molar-refractivity contribution in [2.75, 3.05) is 0 Å². The second kappa shape index (κ2) is 7.19. The molecular formula is C21H13F3N2O2. The number of benzene rings is 3. The molecule has 0 amide bonds. The quantitative estimate of drug-likeness (QED) is 0.435. The third kappa shape index (κ3) is 4.03. The number of hydrogen-bond donors (Lipinski definition) is 0. The van der Waals surface area contributed by atoms with Crippen LogP contribution in [0.2, 0.25) is 0 Å². The fourth-order valence-electron chi connectivity index (χ4n) is 2.69. The van der Waals surface area contributed by atoms with E-state index in [0.29, 0.717) is 16.7 Å². The fraction of sp³-hybridized carbons (Fsp3) is 0.0476. The van der Waals surface area contributed by atoms with Crippen LogP contribution in [0, 0.1) is 0 Å². The summed E-state index contributed by atoms with van der Waals surface area (Å²) >= 11 is 0. The molecule has 0 atom stereocenters. The smallest absolute Gasteiger partial charge is 0.438 e. The lowest BCUT2D eigenvalue weighted by atomic mass is 10.2. The average Bonchev–Trinajstić information content (AvgIpc) is 2.67. The Balaban J connectivity index is 1.75. The van der Waals surface area contributed by atoms with Crippen molar-refractivity contribution in [2.45, 2.75) is 6.36 Å². The number of halogens is 3. The minimum atomic E-state index is -4.78. The highest BCUT2D eigenvalue weighted by Gasteiger charge is 2.31. The first-order valence-electron chi connectivity index (χ1n) is 8.34. The molecule has 0 aliphatic carbocycles. The van der Waals surface area contributed by atoms with Crippen molar-refractivity contribution in [2.24, 2.45) is 0 Å². The van der Waals surface area contributed by atoms with Gasteiger partial charge < -0.3 is 9.47 Å². The van der Waals surface area contributed by atoms with E-state index in [1.807, 2.05) is 48.5 Å². The summed E-state index contributed by atoms with van der Waals surface area (Å²) in [6.45, 7) is 0. The molecule has 0 N–H and O–H groups in total. The molecule has 7 heteroatoms. The number of fused-ring (bicyclic) bond motifs is 1. The number of hydrogen-bond acceptors (Lipinski definition) is 4. The Labute approximate surface area is 158 Å². The van der Waals surface area contributed by atoms with Crippen LogP contribution in [-0.2, 0) is 0 Å². The zero-order valence-corrected chi connectivity index (χ0v) is 14.4. The Kier molecular flexibility index (Phi) is 4.57. The van der Waals surface area contributed by atoms with E-state index in [4.69, 9.17) is 4.74 Å². The van der Waals surface area contributed by atoms with Crippen LogP contribution in [0.15, 0.2) is 78.9 Å². The fourth-order valence-corrected chi connectivity index (χ4v) is 2.69. The predicted molar refractivity (Wildman–Crippen MR) is 98.2 cm³/mol. The van der Waals surface area contributed by atoms with Gasteiger partial charge in [0.1, 0.15) is 11.5 Å². The molecule has 4 aromatic rings. The largest absolute Gasteiger partial charge is 0.573 e. The molecule has 0 aliphatic heterocycles. The van der Waals surface area contributed by atoms with Crippen molar-refractivity contribution in [1.29, 1.82) is 0 Å². The highest BCUT2D eigenvalue weighted by Crippen LogP contribution is 2.32. The molecule has 0 saturated heterocycles. The minimum Gasteiger partial charge on any atom is -0.438 e. The molecule has 0 fully saturated rings. The van der Waals surface area contributed by atoms with Crippen LogP contribution in [0.25, 0.3) is 22.3 Å². The summed E-state index contributed by atoms with van der Waals surface area (Å²) in [5.41, 5.74) is 1.46. The third-order valence-corrected chi connectivity index (χ3v) is 3.85. The topological polar surface area (TPSA) is 44.2 Å². The van der Waals surface area contributed by atoms with Crippen molar-refractivity contribution in [1.82, 2.24) is 9.97 Å². The maximum Gasteiger partial charge on any atom is 0.573 e. The summed E-state index contributed by atoms with van der Waals surface area (Å²) in [4.78, 5) is 9.02. The first kappa shape index (κ1) is 17.8. The third-order valence-electron chi connectivity index (χ3n) is 3.85. The molecule has 140 valence electrons. The highest BCUT2D eigenvalue weighted by molar-refractivity contribution is 5.85. The molecule has 0 unspecified atom stereocenters. The van der Waals surface area contributed by atoms with Crippen LogP contribution in [0.3, 0.4) is 0 Å². The normalized spacial score (nSPS) is 11.4. The summed E-state index contributed by atoms with van der Waals surface area (Å²) in [5.74, 6) is 0.502. The molecule has 0 bridgehead atoms. The van der Waals surface area contributed by atoms with Gasteiger partial charge in [0.2, 0.25) is 5.88 Å². The van der Waals surface area contributed by atoms with Gasteiger partial charge in [-0.3, -0.25) is 0 Å². The van der Waals surface area contributed by atoms with E-state index in [9.17, 15) is 13.2 Å². The zero-order valence-electron chi connectivity index (χ0n) is 14.4. The van der Waals surface area contributed by atoms with Gasteiger partial charge in [-0.15, -0.1) is 13.2 Å². The van der Waals surface area contributed by atoms with E-state index >= 15 is 0 Å². The van der Waals surface area contributed by atoms with Crippen molar-refractivity contribution in [3.63, 3.8) is 0 Å². The molecule has 3 aromatic carbocycles. The van der Waals surface area contributed by atoms with Gasteiger partial charge in [-0.05, 0) is 24.3 Å². The molecule has 1 heterocycles. The van der Waals surface area contributed by atoms with Crippen LogP contribution in [0.5, 0.6) is 17.4 Å². The second-order valence-electron chi connectivity index (χ2n) is 5.86. The molecule has 0 spiro atoms. The van der Waals surface area contributed by atoms with Crippen molar-refractivity contribution < 1.29 is 22.6 Å². The maximum absolute atomic E-state index is 12.5. The Bertz CT molecular complexity index is 1120. The second-order valence-corrected chi connectivity index (χ2v) is 5.86. The van der Waals surface area contributed by atoms with Gasteiger partial charge in [0.15, 0.2) is 5.82 Å². The van der Waals surface area contributed by atoms with Crippen molar-refractivity contribution >= 4 is 10.9 Å². The molecule has 4 nitrogen and oxygen atoms in total. The van der Waals surface area contributed by atoms with E-state index in [1.54, 1.807) is 6.07 Å². The van der Waals surface area contributed by atoms with Gasteiger partial charge in [-0.2, -0.15) is 4.98 Å². The molecule has 0 saturated carbocycles. The van der Waals surface area contributed by atoms with Crippen LogP contribution >= 0.6 is 0 Å². The van der Waals surface area contributed by atoms with Crippen molar-refractivity contribution in [3.05, 3.63) is 78.9 Å². The number of alkyl halides is 3. The lowest BCUT2D eigenvalue weighted by Crippen LogP contribution is -2.17. The average molecular weight is 382 g/mol. The van der Waals surface area contributed by atoms with E-state index in [-0.39, 0.29) is 17.4 Å². The van der Waals surface area contributed by atoms with Gasteiger partial charge in [-0.25, -0.2) is 4.98 Å². The Morgan fingerprint density at radius 3 is 2.21 bits per heavy atom. The van der Waals surface area contributed by atoms with Crippen LogP contribution in [0.1, 0.15) is 0 Å². The standard InChI is InChI=1S/C21H13F3N2O2/c22-21(23,24)28-16-10-6-9-15(13-16)27-20-17-11-4-5-12-18(17)25-19(26-20)14-7-2-1-3-8-14/h1-13H. The van der Waals surface area contributed by atoms with Gasteiger partial charge in [0, 0.05) is 11.6 Å². The molecule has 0 aliphatic rings. The monoisotopic (exact) mass is 382 g/mol. The first-order chi connectivity index (χ1) is 13.5. The van der Waals surface area contributed by atoms with E-state index in [2.05, 4.69) is 14.7 Å². The molecule has 1 aromatic heterocycles. The van der Waals surface area contributed by atoms with Gasteiger partial charge in [-0.1, -0.05) is 48.5 Å². The van der Waals surface area contributed by atoms with Gasteiger partial charge in [0.05, 0.1) is 10.9 Å². The van der Waals surface area contributed by atoms with E-state index in [0.717, 1.165) is 11.6 Å². The summed E-state index contributed by atoms with van der Waals surface area (Å²) in [7, 11) is 0. The number of para-hydroxylation sites is 1. The van der Waals surface area contributed by atoms with Crippen LogP contribution in [0.4, 0.5) is 13.2 Å². The minimum absolute atomic E-state index is 0.171. The summed E-state index contributed by atoms with van der Waals surface area (Å²) < 4.78 is 47.2. The number of ether oxygens (including phenoxy) is 2. The lowest BCUT2D eigenvalue weighted by Gasteiger charge is -2.12. The van der Waals surface area contributed by atoms with Gasteiger partial charge >= 0.3 is 6.36 Å². The van der Waals surface area contributed by atoms with Crippen LogP contribution < -0.4 is 9.47 Å². The Hall–Kier alpha value is -3.61. The van der Waals surface area contributed by atoms with E-state index < -0.39 is 6.36 Å².